The fourth-order valence-electron chi connectivity index (χ4n) is 17.8. The Balaban J connectivity index is 0.000000174. The van der Waals surface area contributed by atoms with Crippen LogP contribution in [-0.2, 0) is 157 Å². The SMILES string of the molecule is CCCc1ccc(-c2cc(-c3nccc4cccc(F)c34)[c-]cc2C(F)(F)F)cc1.CCCc1ccc(-c2cc[c-]c(-c3ncc(C(F)(F)F)c4ccccc34)c2)cc1.CCCc1ccc(-c2cc[c-]c(-c3nccc4c(C(F)(F)F)cccc34)c2)cc1.CCCc1ccc(-c2cc[c-]c(-c3nccc4ccc(C)cc34)c2)cc1.CCCc1ccc(-c2cc[c-]c(-c3nccc4cccc(C(F)(F)F)c34)c2)cc1.[Ir].[Ir].[Ir].[Ir].[Ir]. The maximum atomic E-state index is 14.5. The van der Waals surface area contributed by atoms with Crippen LogP contribution in [0.5, 0.6) is 0 Å². The van der Waals surface area contributed by atoms with Gasteiger partial charge in [-0.3, -0.25) is 0 Å². The summed E-state index contributed by atoms with van der Waals surface area (Å²) >= 11 is 0. The van der Waals surface area contributed by atoms with E-state index in [0.717, 1.165) is 132 Å². The number of pyridine rings is 5. The average molecular weight is 2880 g/mol. The van der Waals surface area contributed by atoms with Crippen molar-refractivity contribution in [3.05, 3.63) is 450 Å². The van der Waals surface area contributed by atoms with Gasteiger partial charge in [-0.05, 0) is 214 Å². The first-order valence-corrected chi connectivity index (χ1v) is 47.5. The van der Waals surface area contributed by atoms with Crippen LogP contribution in [0.25, 0.3) is 166 Å². The molecule has 0 N–H and O–H groups in total. The first-order chi connectivity index (χ1) is 69.0. The molecule has 5 heterocycles. The van der Waals surface area contributed by atoms with E-state index in [4.69, 9.17) is 0 Å². The van der Waals surface area contributed by atoms with Crippen LogP contribution in [-0.4, -0.2) is 24.9 Å². The average Bonchev–Trinajstić information content (AvgIpc) is 0.856. The van der Waals surface area contributed by atoms with Crippen LogP contribution in [0.3, 0.4) is 0 Å². The topological polar surface area (TPSA) is 64.5 Å². The first-order valence-electron chi connectivity index (χ1n) is 47.5. The molecule has 20 rings (SSSR count). The van der Waals surface area contributed by atoms with Crippen molar-refractivity contribution >= 4 is 53.9 Å². The van der Waals surface area contributed by atoms with Gasteiger partial charge in [-0.2, -0.15) is 52.7 Å². The van der Waals surface area contributed by atoms with Crippen molar-refractivity contribution in [1.29, 1.82) is 0 Å². The van der Waals surface area contributed by atoms with E-state index < -0.39 is 52.8 Å². The number of fused-ring (bicyclic) bond motifs is 5. The predicted molar refractivity (Wildman–Crippen MR) is 552 cm³/mol. The molecule has 0 saturated carbocycles. The van der Waals surface area contributed by atoms with Crippen molar-refractivity contribution < 1.29 is 158 Å². The summed E-state index contributed by atoms with van der Waals surface area (Å²) in [6, 6.07) is 115. The van der Waals surface area contributed by atoms with E-state index in [-0.39, 0.29) is 133 Å². The van der Waals surface area contributed by atoms with E-state index in [1.54, 1.807) is 84.9 Å². The molecule has 148 heavy (non-hydrogen) atoms. The van der Waals surface area contributed by atoms with Crippen LogP contribution in [0, 0.1) is 43.1 Å². The molecule has 5 aromatic heterocycles. The Morgan fingerprint density at radius 3 is 0.986 bits per heavy atom. The third-order valence-corrected chi connectivity index (χ3v) is 24.8. The van der Waals surface area contributed by atoms with Gasteiger partial charge >= 0.3 is 24.7 Å². The van der Waals surface area contributed by atoms with Crippen LogP contribution in [0.15, 0.2) is 359 Å². The molecule has 5 radical (unpaired) electrons. The van der Waals surface area contributed by atoms with E-state index in [9.17, 15) is 57.1 Å². The van der Waals surface area contributed by atoms with Gasteiger partial charge in [0.05, 0.1) is 16.7 Å². The summed E-state index contributed by atoms with van der Waals surface area (Å²) < 4.78 is 177. The summed E-state index contributed by atoms with van der Waals surface area (Å²) in [5, 5.41) is 5.12. The van der Waals surface area contributed by atoms with Gasteiger partial charge in [-0.25, -0.2) is 4.39 Å². The molecule has 15 aromatic carbocycles. The number of nitrogens with zero attached hydrogens (tertiary/aromatic N) is 5. The van der Waals surface area contributed by atoms with Crippen LogP contribution in [0.1, 0.15) is 122 Å². The number of halogens is 13. The minimum Gasteiger partial charge on any atom is -0.304 e. The zero-order valence-electron chi connectivity index (χ0n) is 81.0. The predicted octanol–water partition coefficient (Wildman–Crippen LogP) is 36.1. The minimum atomic E-state index is -4.54. The standard InChI is InChI=1S/C25H18F4N.3C25H19F3N.C25H22N.5Ir/c1-2-4-16-7-9-17(10-8-16)20-15-19(11-12-21(20)25(27,28)29)24-23-18(13-14-30-24)5-3-6-22(23)26;1-2-5-17-10-12-18(13-11-17)20-7-3-8-21(16-20)24-23-19(14-15-29-24)6-4-9-22(23)25(26,27)28;1-2-5-17-10-12-18(13-11-17)19-6-3-7-20(16-19)24-22-8-4-9-23(25(26,27)28)21(22)14-15-29-24;1-2-6-17-11-13-18(14-12-17)19-7-5-8-20(15-19)24-22-10-4-3-9-21(22)23(16-29-24)25(26,27)28;1-3-5-19-9-12-20(13-10-19)22-6-4-7-23(17-22)25-24-16-18(2)8-11-21(24)14-15-26-25;;;;;/h3,5-10,12-15H,2,4H2,1H3;3-4,6-7,9-16H,2,5H2,1H3;3-4,6,8-16H,2,5H2,1H3;3-5,7,9-16H,2,6H2,1H3;4,6,8-17H,3,5H2,1-2H3;;;;;/q5*-1;;;;;. The molecule has 23 heteroatoms. The Morgan fingerprint density at radius 1 is 0.243 bits per heavy atom. The smallest absolute Gasteiger partial charge is 0.304 e. The molecule has 0 unspecified atom stereocenters. The van der Waals surface area contributed by atoms with Crippen molar-refractivity contribution in [2.45, 2.75) is 130 Å². The molecule has 763 valence electrons. The molecule has 5 nitrogen and oxygen atoms in total. The van der Waals surface area contributed by atoms with E-state index in [1.807, 2.05) is 79.9 Å². The molecule has 0 saturated heterocycles. The zero-order chi connectivity index (χ0) is 101. The second-order valence-electron chi connectivity index (χ2n) is 34.9. The van der Waals surface area contributed by atoms with E-state index in [2.05, 4.69) is 211 Å². The van der Waals surface area contributed by atoms with Gasteiger partial charge < -0.3 is 24.9 Å². The minimum absolute atomic E-state index is 0. The van der Waals surface area contributed by atoms with Crippen LogP contribution < -0.4 is 0 Å². The van der Waals surface area contributed by atoms with Gasteiger partial charge in [0.1, 0.15) is 5.82 Å². The van der Waals surface area contributed by atoms with Gasteiger partial charge in [-0.1, -0.05) is 284 Å². The van der Waals surface area contributed by atoms with Gasteiger partial charge in [0.2, 0.25) is 0 Å². The first kappa shape index (κ1) is 116. The maximum Gasteiger partial charge on any atom is 0.418 e. The third-order valence-electron chi connectivity index (χ3n) is 24.8. The number of hydrogen-bond donors (Lipinski definition) is 0. The summed E-state index contributed by atoms with van der Waals surface area (Å²) in [7, 11) is 0. The molecule has 0 aliphatic rings. The fourth-order valence-corrected chi connectivity index (χ4v) is 17.8. The van der Waals surface area contributed by atoms with Gasteiger partial charge in [0.25, 0.3) is 0 Å². The molecular weight excluding hydrogens is 2780 g/mol. The number of aromatic nitrogens is 5. The summed E-state index contributed by atoms with van der Waals surface area (Å²) in [6.45, 7) is 12.8. The Bertz CT molecular complexity index is 7710. The van der Waals surface area contributed by atoms with Crippen molar-refractivity contribution in [3.8, 4) is 112 Å². The summed E-state index contributed by atoms with van der Waals surface area (Å²) in [4.78, 5) is 21.7. The van der Waals surface area contributed by atoms with E-state index in [1.165, 1.54) is 111 Å². The molecule has 20 aromatic rings. The molecule has 0 fully saturated rings. The van der Waals surface area contributed by atoms with Crippen molar-refractivity contribution in [3.63, 3.8) is 0 Å². The number of rotatable bonds is 20. The van der Waals surface area contributed by atoms with Crippen molar-refractivity contribution in [2.75, 3.05) is 0 Å². The summed E-state index contributed by atoms with van der Waals surface area (Å²) in [5.41, 5.74) is 19.4. The second kappa shape index (κ2) is 52.7. The zero-order valence-corrected chi connectivity index (χ0v) is 92.9. The number of hydrogen-bond acceptors (Lipinski definition) is 5. The Kier molecular flexibility index (Phi) is 41.3. The maximum absolute atomic E-state index is 14.5. The molecule has 0 amide bonds. The van der Waals surface area contributed by atoms with Gasteiger partial charge in [0, 0.05) is 137 Å². The second-order valence-corrected chi connectivity index (χ2v) is 34.9. The third kappa shape index (κ3) is 28.2. The van der Waals surface area contributed by atoms with E-state index in [0.29, 0.717) is 66.4 Å². The normalized spacial score (nSPS) is 11.2. The molecule has 0 aliphatic carbocycles. The molecule has 0 bridgehead atoms. The van der Waals surface area contributed by atoms with Crippen molar-refractivity contribution in [2.24, 2.45) is 0 Å². The number of alkyl halides is 12. The summed E-state index contributed by atoms with van der Waals surface area (Å²) in [5.74, 6) is -0.477. The Labute approximate surface area is 921 Å². The molecule has 0 atom stereocenters. The van der Waals surface area contributed by atoms with E-state index >= 15 is 0 Å². The number of benzene rings is 15. The molecule has 0 aliphatic heterocycles. The molecule has 0 spiro atoms. The Hall–Kier alpha value is -12.3. The summed E-state index contributed by atoms with van der Waals surface area (Å²) in [6.07, 6.45) is -0.0881. The molecular formula is C125H97F13Ir5N5-5. The van der Waals surface area contributed by atoms with Gasteiger partial charge in [0.15, 0.2) is 0 Å². The van der Waals surface area contributed by atoms with Crippen LogP contribution >= 0.6 is 0 Å². The monoisotopic (exact) mass is 2880 g/mol. The van der Waals surface area contributed by atoms with Crippen molar-refractivity contribution in [1.82, 2.24) is 24.9 Å². The quantitative estimate of drug-likeness (QED) is 0.0562. The largest absolute Gasteiger partial charge is 0.418 e. The Morgan fingerprint density at radius 2 is 0.568 bits per heavy atom. The van der Waals surface area contributed by atoms with Crippen LogP contribution in [0.4, 0.5) is 57.1 Å². The van der Waals surface area contributed by atoms with Crippen LogP contribution in [0.2, 0.25) is 0 Å². The van der Waals surface area contributed by atoms with Gasteiger partial charge in [-0.15, -0.1) is 165 Å². The number of aryl methyl sites for hydroxylation is 6. The fraction of sp³-hybridized carbons (Fsp3) is 0.160.